The molecule has 2 unspecified atom stereocenters. The van der Waals surface area contributed by atoms with Crippen molar-refractivity contribution in [3.05, 3.63) is 82.9 Å². The van der Waals surface area contributed by atoms with E-state index in [2.05, 4.69) is 89.0 Å². The van der Waals surface area contributed by atoms with Gasteiger partial charge in [0.2, 0.25) is 0 Å². The topological polar surface area (TPSA) is 9.23 Å². The molecule has 129 valence electrons. The van der Waals surface area contributed by atoms with Crippen molar-refractivity contribution in [1.29, 1.82) is 0 Å². The maximum atomic E-state index is 6.84. The van der Waals surface area contributed by atoms with Gasteiger partial charge in [-0.1, -0.05) is 0 Å². The molecular formula is C21H24ClOSiZr. The zero-order valence-electron chi connectivity index (χ0n) is 14.7. The van der Waals surface area contributed by atoms with Crippen LogP contribution in [0.2, 0.25) is 9.26 Å². The molecule has 2 atom stereocenters. The average Bonchev–Trinajstić information content (AvgIpc) is 3.16. The summed E-state index contributed by atoms with van der Waals surface area (Å²) in [6, 6.07) is 17.5. The zero-order valence-corrected chi connectivity index (χ0v) is 19.4. The van der Waals surface area contributed by atoms with E-state index in [0.29, 0.717) is 11.8 Å². The van der Waals surface area contributed by atoms with Crippen LogP contribution in [0.4, 0.5) is 0 Å². The first-order valence-electron chi connectivity index (χ1n) is 8.60. The van der Waals surface area contributed by atoms with Crippen molar-refractivity contribution in [1.82, 2.24) is 0 Å². The normalized spacial score (nSPS) is 21.5. The summed E-state index contributed by atoms with van der Waals surface area (Å²) in [6.07, 6.45) is 9.44. The number of benzene rings is 2. The molecular weight excluding hydrogens is 423 g/mol. The molecule has 0 N–H and O–H groups in total. The second kappa shape index (κ2) is 7.48. The van der Waals surface area contributed by atoms with Crippen LogP contribution in [-0.2, 0) is 22.1 Å². The summed E-state index contributed by atoms with van der Waals surface area (Å²) in [6.45, 7) is 2.13. The quantitative estimate of drug-likeness (QED) is 0.591. The molecule has 4 rings (SSSR count). The molecule has 1 nitrogen and oxygen atoms in total. The van der Waals surface area contributed by atoms with Gasteiger partial charge in [0.15, 0.2) is 0 Å². The number of rotatable bonds is 4. The zero-order chi connectivity index (χ0) is 16.7. The van der Waals surface area contributed by atoms with E-state index in [-0.39, 0.29) is 18.5 Å². The van der Waals surface area contributed by atoms with E-state index in [4.69, 9.17) is 2.81 Å². The van der Waals surface area contributed by atoms with E-state index in [1.807, 2.05) is 0 Å². The molecule has 0 fully saturated rings. The van der Waals surface area contributed by atoms with Gasteiger partial charge in [0.25, 0.3) is 0 Å². The Labute approximate surface area is 163 Å². The first-order valence-corrected chi connectivity index (χ1v) is 20.4. The van der Waals surface area contributed by atoms with E-state index in [1.165, 1.54) is 22.3 Å². The van der Waals surface area contributed by atoms with Gasteiger partial charge in [-0.2, -0.15) is 0 Å². The molecule has 2 aromatic rings. The number of halogens is 1. The Morgan fingerprint density at radius 2 is 1.28 bits per heavy atom. The van der Waals surface area contributed by atoms with Crippen molar-refractivity contribution in [2.45, 2.75) is 27.2 Å². The van der Waals surface area contributed by atoms with Crippen LogP contribution in [0.5, 0.6) is 0 Å². The van der Waals surface area contributed by atoms with Crippen molar-refractivity contribution in [2.24, 2.45) is 0 Å². The summed E-state index contributed by atoms with van der Waals surface area (Å²) in [7, 11) is 0. The van der Waals surface area contributed by atoms with E-state index >= 15 is 0 Å². The molecule has 2 aliphatic carbocycles. The minimum atomic E-state index is -2.40. The Balaban J connectivity index is 0.00000182. The molecule has 0 heterocycles. The fourth-order valence-electron chi connectivity index (χ4n) is 3.87. The van der Waals surface area contributed by atoms with Gasteiger partial charge in [-0.15, -0.1) is 12.4 Å². The van der Waals surface area contributed by atoms with E-state index in [9.17, 15) is 0 Å². The second-order valence-corrected chi connectivity index (χ2v) is 26.7. The predicted octanol–water partition coefficient (Wildman–Crippen LogP) is 5.13. The number of fused-ring (bicyclic) bond motifs is 2. The summed E-state index contributed by atoms with van der Waals surface area (Å²) in [4.78, 5) is 0. The van der Waals surface area contributed by atoms with Crippen LogP contribution in [0.15, 0.2) is 60.7 Å². The Kier molecular flexibility index (Phi) is 5.70. The molecule has 0 aliphatic heterocycles. The van der Waals surface area contributed by atoms with Crippen LogP contribution in [-0.4, -0.2) is 13.0 Å². The molecule has 0 bridgehead atoms. The van der Waals surface area contributed by atoms with Gasteiger partial charge in [0, 0.05) is 0 Å². The average molecular weight is 447 g/mol. The molecule has 2 aromatic carbocycles. The second-order valence-electron chi connectivity index (χ2n) is 7.37. The third kappa shape index (κ3) is 3.85. The summed E-state index contributed by atoms with van der Waals surface area (Å²) in [5.41, 5.74) is 5.52. The Bertz CT molecular complexity index is 821. The van der Waals surface area contributed by atoms with Crippen molar-refractivity contribution >= 4 is 31.4 Å². The molecule has 0 radical (unpaired) electrons. The van der Waals surface area contributed by atoms with Crippen LogP contribution in [0.25, 0.3) is 12.2 Å². The van der Waals surface area contributed by atoms with Gasteiger partial charge in [0.05, 0.1) is 0 Å². The number of hydrogen-bond donors (Lipinski definition) is 0. The van der Waals surface area contributed by atoms with Crippen LogP contribution in [0.3, 0.4) is 0 Å². The molecule has 0 saturated heterocycles. The van der Waals surface area contributed by atoms with E-state index < -0.39 is 19.3 Å². The van der Waals surface area contributed by atoms with Crippen molar-refractivity contribution in [2.75, 3.05) is 0 Å². The van der Waals surface area contributed by atoms with Gasteiger partial charge in [0.1, 0.15) is 0 Å². The first-order chi connectivity index (χ1) is 11.5. The standard InChI is InChI=1S/C19H15O.2CH3.ClH.H2Si.Zr/c20-19(17-11-9-13-5-1-3-7-15(13)17)18-12-10-14-6-2-4-8-16(14)18;;;;;/h1-12,17-19H;2*1H3;1H;1H2;/q-1;;;;;+1. The monoisotopic (exact) mass is 445 g/mol. The Morgan fingerprint density at radius 3 is 1.72 bits per heavy atom. The molecule has 25 heavy (non-hydrogen) atoms. The predicted molar refractivity (Wildman–Crippen MR) is 109 cm³/mol. The molecule has 0 spiro atoms. The van der Waals surface area contributed by atoms with Crippen LogP contribution < -0.4 is 0 Å². The van der Waals surface area contributed by atoms with Gasteiger partial charge in [-0.25, -0.2) is 0 Å². The summed E-state index contributed by atoms with van der Waals surface area (Å²) < 4.78 is 11.6. The third-order valence-corrected chi connectivity index (χ3v) is 8.06. The molecule has 0 saturated carbocycles. The van der Waals surface area contributed by atoms with Gasteiger partial charge >= 0.3 is 151 Å². The van der Waals surface area contributed by atoms with Crippen molar-refractivity contribution in [3.8, 4) is 0 Å². The number of hydrogen-bond acceptors (Lipinski definition) is 1. The first kappa shape index (κ1) is 19.0. The fourth-order valence-corrected chi connectivity index (χ4v) is 7.54. The van der Waals surface area contributed by atoms with E-state index in [0.717, 1.165) is 0 Å². The van der Waals surface area contributed by atoms with Crippen LogP contribution >= 0.6 is 12.4 Å². The van der Waals surface area contributed by atoms with Crippen molar-refractivity contribution < 1.29 is 22.1 Å². The van der Waals surface area contributed by atoms with Crippen molar-refractivity contribution in [3.63, 3.8) is 0 Å². The van der Waals surface area contributed by atoms with E-state index in [1.54, 1.807) is 0 Å². The Hall–Kier alpha value is -0.730. The fraction of sp³-hybridized carbons (Fsp3) is 0.238. The Morgan fingerprint density at radius 1 is 0.840 bits per heavy atom. The SMILES string of the molecule is Cl.[CH3][Zr]([CH3])(=[SiH2])[O]C(C1C=Cc2ccccc21)C1C=Cc2ccccc21. The minimum absolute atomic E-state index is 0. The van der Waals surface area contributed by atoms with Gasteiger partial charge < -0.3 is 0 Å². The van der Waals surface area contributed by atoms with Gasteiger partial charge in [-0.3, -0.25) is 0 Å². The molecule has 0 aromatic heterocycles. The summed E-state index contributed by atoms with van der Waals surface area (Å²) in [5, 5.41) is 0. The third-order valence-electron chi connectivity index (χ3n) is 4.84. The molecule has 0 amide bonds. The summed E-state index contributed by atoms with van der Waals surface area (Å²) >= 11 is -2.40. The van der Waals surface area contributed by atoms with Crippen LogP contribution in [0, 0.1) is 0 Å². The maximum absolute atomic E-state index is 6.84. The molecule has 2 aliphatic rings. The summed E-state index contributed by atoms with van der Waals surface area (Å²) in [5.74, 6) is 0.700. The van der Waals surface area contributed by atoms with Crippen LogP contribution in [0.1, 0.15) is 34.1 Å². The van der Waals surface area contributed by atoms with Gasteiger partial charge in [-0.05, 0) is 0 Å². The molecule has 4 heteroatoms.